The number of ether oxygens (including phenoxy) is 1. The molecule has 1 heterocycles. The Kier molecular flexibility index (Phi) is 2.26. The number of fused-ring (bicyclic) bond motifs is 3. The fraction of sp³-hybridized carbons (Fsp3) is 0.667. The first kappa shape index (κ1) is 11.1. The van der Waals surface area contributed by atoms with Crippen molar-refractivity contribution in [3.05, 3.63) is 23.8 Å². The molecule has 2 nitrogen and oxygen atoms in total. The molecule has 0 amide bonds. The van der Waals surface area contributed by atoms with Gasteiger partial charge in [-0.3, -0.25) is 4.79 Å². The third kappa shape index (κ3) is 1.42. The molecule has 3 aliphatic rings. The normalized spacial score (nSPS) is 48.2. The molecule has 5 atom stereocenters. The minimum absolute atomic E-state index is 0.00611. The number of hydrogen-bond donors (Lipinski definition) is 0. The van der Waals surface area contributed by atoms with E-state index in [9.17, 15) is 4.79 Å². The summed E-state index contributed by atoms with van der Waals surface area (Å²) in [7, 11) is 0. The number of carbonyl (C=O) groups excluding carboxylic acids is 1. The summed E-state index contributed by atoms with van der Waals surface area (Å²) in [4.78, 5) is 11.8. The number of carbonyl (C=O) groups is 1. The van der Waals surface area contributed by atoms with Gasteiger partial charge in [-0.25, -0.2) is 0 Å². The van der Waals surface area contributed by atoms with E-state index in [0.29, 0.717) is 11.8 Å². The Morgan fingerprint density at radius 1 is 1.47 bits per heavy atom. The van der Waals surface area contributed by atoms with E-state index < -0.39 is 0 Å². The van der Waals surface area contributed by atoms with Crippen LogP contribution in [0.25, 0.3) is 0 Å². The van der Waals surface area contributed by atoms with Crippen molar-refractivity contribution in [2.45, 2.75) is 39.7 Å². The van der Waals surface area contributed by atoms with Crippen molar-refractivity contribution in [1.82, 2.24) is 0 Å². The van der Waals surface area contributed by atoms with E-state index in [2.05, 4.69) is 32.1 Å². The molecule has 1 saturated heterocycles. The van der Waals surface area contributed by atoms with E-state index in [0.717, 1.165) is 6.42 Å². The molecule has 1 aliphatic heterocycles. The van der Waals surface area contributed by atoms with Crippen LogP contribution in [0.4, 0.5) is 0 Å². The molecule has 0 radical (unpaired) electrons. The Bertz CT molecular complexity index is 421. The van der Waals surface area contributed by atoms with Crippen molar-refractivity contribution >= 4 is 5.97 Å². The van der Waals surface area contributed by atoms with E-state index in [4.69, 9.17) is 4.74 Å². The molecule has 17 heavy (non-hydrogen) atoms. The number of esters is 1. The van der Waals surface area contributed by atoms with Crippen LogP contribution in [-0.2, 0) is 9.53 Å². The maximum absolute atomic E-state index is 11.8. The summed E-state index contributed by atoms with van der Waals surface area (Å²) in [6.45, 7) is 6.50. The third-order valence-electron chi connectivity index (χ3n) is 5.07. The van der Waals surface area contributed by atoms with E-state index >= 15 is 0 Å². The molecular formula is C15H20O2. The Morgan fingerprint density at radius 3 is 3.00 bits per heavy atom. The highest BCUT2D eigenvalue weighted by Gasteiger charge is 2.54. The summed E-state index contributed by atoms with van der Waals surface area (Å²) >= 11 is 0. The minimum Gasteiger partial charge on any atom is -0.461 e. The highest BCUT2D eigenvalue weighted by molar-refractivity contribution is 5.75. The Hall–Kier alpha value is -1.05. The molecule has 0 spiro atoms. The molecule has 1 saturated carbocycles. The smallest absolute Gasteiger partial charge is 0.309 e. The lowest BCUT2D eigenvalue weighted by Gasteiger charge is -2.47. The van der Waals surface area contributed by atoms with Crippen LogP contribution >= 0.6 is 0 Å². The van der Waals surface area contributed by atoms with E-state index in [1.54, 1.807) is 0 Å². The van der Waals surface area contributed by atoms with Crippen LogP contribution in [-0.4, -0.2) is 12.1 Å². The largest absolute Gasteiger partial charge is 0.461 e. The first-order valence-corrected chi connectivity index (χ1v) is 6.59. The molecule has 2 heteroatoms. The quantitative estimate of drug-likeness (QED) is 0.600. The van der Waals surface area contributed by atoms with Crippen LogP contribution in [0.5, 0.6) is 0 Å². The summed E-state index contributed by atoms with van der Waals surface area (Å²) in [5, 5.41) is 0. The van der Waals surface area contributed by atoms with Crippen molar-refractivity contribution in [3.63, 3.8) is 0 Å². The molecule has 0 aromatic carbocycles. The van der Waals surface area contributed by atoms with Crippen LogP contribution in [0.2, 0.25) is 0 Å². The zero-order chi connectivity index (χ0) is 12.2. The lowest BCUT2D eigenvalue weighted by Crippen LogP contribution is -2.45. The summed E-state index contributed by atoms with van der Waals surface area (Å²) < 4.78 is 5.67. The SMILES string of the molecule is CC1=CC=C[C@]2(C)CCC3[C@H](C)C(=O)O[C@@H]3[C@@H]12. The molecule has 1 unspecified atom stereocenters. The molecule has 0 aromatic heterocycles. The van der Waals surface area contributed by atoms with Crippen LogP contribution in [0.1, 0.15) is 33.6 Å². The van der Waals surface area contributed by atoms with Crippen molar-refractivity contribution < 1.29 is 9.53 Å². The van der Waals surface area contributed by atoms with Gasteiger partial charge >= 0.3 is 5.97 Å². The summed E-state index contributed by atoms with van der Waals surface area (Å²) in [5.74, 6) is 0.908. The lowest BCUT2D eigenvalue weighted by atomic mass is 9.58. The fourth-order valence-electron chi connectivity index (χ4n) is 4.02. The molecule has 2 fully saturated rings. The van der Waals surface area contributed by atoms with Gasteiger partial charge in [-0.15, -0.1) is 0 Å². The maximum Gasteiger partial charge on any atom is 0.309 e. The van der Waals surface area contributed by atoms with Gasteiger partial charge in [0.25, 0.3) is 0 Å². The number of rotatable bonds is 0. The predicted molar refractivity (Wildman–Crippen MR) is 66.3 cm³/mol. The average molecular weight is 232 g/mol. The first-order valence-electron chi connectivity index (χ1n) is 6.59. The highest BCUT2D eigenvalue weighted by atomic mass is 16.6. The van der Waals surface area contributed by atoms with Gasteiger partial charge in [-0.2, -0.15) is 0 Å². The van der Waals surface area contributed by atoms with Gasteiger partial charge in [0.15, 0.2) is 0 Å². The summed E-state index contributed by atoms with van der Waals surface area (Å²) in [6, 6.07) is 0. The van der Waals surface area contributed by atoms with Crippen molar-refractivity contribution in [1.29, 1.82) is 0 Å². The Labute approximate surface area is 103 Å². The van der Waals surface area contributed by atoms with Gasteiger partial charge in [0.1, 0.15) is 6.10 Å². The molecule has 0 aromatic rings. The fourth-order valence-corrected chi connectivity index (χ4v) is 4.02. The maximum atomic E-state index is 11.8. The first-order chi connectivity index (χ1) is 8.03. The second-order valence-corrected chi connectivity index (χ2v) is 6.15. The lowest BCUT2D eigenvalue weighted by molar-refractivity contribution is -0.146. The summed E-state index contributed by atoms with van der Waals surface area (Å²) in [5.41, 5.74) is 1.55. The Morgan fingerprint density at radius 2 is 2.24 bits per heavy atom. The molecule has 2 aliphatic carbocycles. The van der Waals surface area contributed by atoms with E-state index in [1.165, 1.54) is 12.0 Å². The van der Waals surface area contributed by atoms with Gasteiger partial charge < -0.3 is 4.74 Å². The van der Waals surface area contributed by atoms with Crippen molar-refractivity contribution in [3.8, 4) is 0 Å². The molecule has 3 rings (SSSR count). The Balaban J connectivity index is 1.99. The number of allylic oxidation sites excluding steroid dienone is 3. The molecule has 0 bridgehead atoms. The van der Waals surface area contributed by atoms with Crippen molar-refractivity contribution in [2.75, 3.05) is 0 Å². The average Bonchev–Trinajstić information content (AvgIpc) is 2.54. The second-order valence-electron chi connectivity index (χ2n) is 6.15. The zero-order valence-corrected chi connectivity index (χ0v) is 10.8. The minimum atomic E-state index is 0.00611. The molecule has 0 N–H and O–H groups in total. The van der Waals surface area contributed by atoms with Crippen LogP contribution < -0.4 is 0 Å². The standard InChI is InChI=1S/C15H20O2/c1-9-5-4-7-15(3)8-6-11-10(2)14(16)17-13(11)12(9)15/h4-5,7,10-13H,6,8H2,1-3H3/t10-,11?,12+,13-,15+/m0/s1. The monoisotopic (exact) mass is 232 g/mol. The molecule has 92 valence electrons. The highest BCUT2D eigenvalue weighted by Crippen LogP contribution is 2.54. The molecular weight excluding hydrogens is 212 g/mol. The van der Waals surface area contributed by atoms with Crippen LogP contribution in [0.15, 0.2) is 23.8 Å². The van der Waals surface area contributed by atoms with E-state index in [1.807, 2.05) is 6.92 Å². The topological polar surface area (TPSA) is 26.3 Å². The third-order valence-corrected chi connectivity index (χ3v) is 5.07. The number of hydrogen-bond acceptors (Lipinski definition) is 2. The van der Waals surface area contributed by atoms with Crippen LogP contribution in [0.3, 0.4) is 0 Å². The van der Waals surface area contributed by atoms with Crippen LogP contribution in [0, 0.1) is 23.2 Å². The van der Waals surface area contributed by atoms with Gasteiger partial charge in [-0.1, -0.05) is 37.6 Å². The van der Waals surface area contributed by atoms with Gasteiger partial charge in [0.05, 0.1) is 5.92 Å². The van der Waals surface area contributed by atoms with E-state index in [-0.39, 0.29) is 23.4 Å². The van der Waals surface area contributed by atoms with Crippen molar-refractivity contribution in [2.24, 2.45) is 23.2 Å². The zero-order valence-electron chi connectivity index (χ0n) is 10.8. The van der Waals surface area contributed by atoms with Gasteiger partial charge in [-0.05, 0) is 25.2 Å². The van der Waals surface area contributed by atoms with Gasteiger partial charge in [0.2, 0.25) is 0 Å². The predicted octanol–water partition coefficient (Wildman–Crippen LogP) is 3.10. The second kappa shape index (κ2) is 3.47. The summed E-state index contributed by atoms with van der Waals surface area (Å²) in [6.07, 6.45) is 9.02. The van der Waals surface area contributed by atoms with Gasteiger partial charge in [0, 0.05) is 11.8 Å².